The van der Waals surface area contributed by atoms with Gasteiger partial charge in [0.15, 0.2) is 40.7 Å². The van der Waals surface area contributed by atoms with Crippen LogP contribution in [-0.2, 0) is 14.2 Å². The molecular formula is C27H30O16. The monoisotopic (exact) mass is 610 g/mol. The molecule has 0 aliphatic carbocycles. The van der Waals surface area contributed by atoms with Crippen molar-refractivity contribution in [1.82, 2.24) is 0 Å². The summed E-state index contributed by atoms with van der Waals surface area (Å²) in [5.41, 5.74) is -0.982. The Morgan fingerprint density at radius 3 is 2.30 bits per heavy atom. The minimum atomic E-state index is -1.84. The first-order chi connectivity index (χ1) is 20.4. The lowest BCUT2D eigenvalue weighted by atomic mass is 9.98. The molecule has 16 nitrogen and oxygen atoms in total. The number of aliphatic hydroxyl groups excluding tert-OH is 6. The fraction of sp³-hybridized carbons (Fsp3) is 0.444. The van der Waals surface area contributed by atoms with Crippen LogP contribution in [0.2, 0.25) is 0 Å². The van der Waals surface area contributed by atoms with E-state index in [4.69, 9.17) is 28.1 Å². The number of phenolic OH excluding ortho intramolecular Hbond substituents is 3. The Hall–Kier alpha value is -3.71. The summed E-state index contributed by atoms with van der Waals surface area (Å²) in [5.74, 6) is -2.18. The third-order valence-electron chi connectivity index (χ3n) is 7.19. The van der Waals surface area contributed by atoms with Crippen molar-refractivity contribution in [2.24, 2.45) is 0 Å². The number of rotatable bonds is 7. The van der Waals surface area contributed by atoms with Crippen molar-refractivity contribution in [2.75, 3.05) is 20.3 Å². The van der Waals surface area contributed by atoms with Gasteiger partial charge in [0.1, 0.15) is 53.5 Å². The van der Waals surface area contributed by atoms with Gasteiger partial charge in [-0.1, -0.05) is 0 Å². The molecule has 2 aliphatic heterocycles. The quantitative estimate of drug-likeness (QED) is 0.134. The van der Waals surface area contributed by atoms with E-state index in [1.54, 1.807) is 0 Å². The van der Waals surface area contributed by atoms with Gasteiger partial charge in [-0.05, 0) is 18.2 Å². The normalized spacial score (nSPS) is 31.2. The van der Waals surface area contributed by atoms with Gasteiger partial charge in [-0.15, -0.1) is 0 Å². The lowest BCUT2D eigenvalue weighted by Gasteiger charge is -2.44. The molecule has 2 aromatic carbocycles. The van der Waals surface area contributed by atoms with Crippen LogP contribution in [0.15, 0.2) is 39.5 Å². The van der Waals surface area contributed by atoms with E-state index >= 15 is 0 Å². The number of hydrogen-bond donors (Lipinski definition) is 9. The van der Waals surface area contributed by atoms with Gasteiger partial charge in [0, 0.05) is 17.7 Å². The average Bonchev–Trinajstić information content (AvgIpc) is 2.98. The third-order valence-corrected chi connectivity index (χ3v) is 7.19. The molecule has 9 N–H and O–H groups in total. The van der Waals surface area contributed by atoms with E-state index in [2.05, 4.69) is 0 Å². The minimum absolute atomic E-state index is 0.127. The van der Waals surface area contributed by atoms with Crippen LogP contribution >= 0.6 is 0 Å². The van der Waals surface area contributed by atoms with Crippen molar-refractivity contribution in [3.05, 3.63) is 40.6 Å². The summed E-state index contributed by atoms with van der Waals surface area (Å²) in [6.07, 6.45) is -15.0. The highest BCUT2D eigenvalue weighted by molar-refractivity contribution is 5.91. The first kappa shape index (κ1) is 30.7. The summed E-state index contributed by atoms with van der Waals surface area (Å²) in [5, 5.41) is 91.2. The molecule has 2 fully saturated rings. The van der Waals surface area contributed by atoms with Gasteiger partial charge < -0.3 is 74.1 Å². The highest BCUT2D eigenvalue weighted by atomic mass is 16.8. The topological polar surface area (TPSA) is 258 Å². The van der Waals surface area contributed by atoms with Gasteiger partial charge in [0.25, 0.3) is 0 Å². The Bertz CT molecular complexity index is 1520. The van der Waals surface area contributed by atoms with Crippen LogP contribution < -0.4 is 14.9 Å². The van der Waals surface area contributed by atoms with Crippen molar-refractivity contribution in [3.63, 3.8) is 0 Å². The molecule has 2 aliphatic rings. The largest absolute Gasteiger partial charge is 0.507 e. The number of aromatic hydroxyl groups is 3. The fourth-order valence-electron chi connectivity index (χ4n) is 4.82. The number of phenols is 3. The van der Waals surface area contributed by atoms with E-state index in [0.29, 0.717) is 0 Å². The number of benzene rings is 2. The standard InChI is InChI=1S/C27H30O16/c1-38-16-6-13(32)18-12(31)5-15(9-2-3-10(29)11(30)4-9)40-24(18)23(16)42-27-25(21(36)20(35)17(7-28)41-27)43-26-22(37)19(34)14(33)8-39-26/h2-6,14,17,19-22,25-30,32-37H,7-8H2,1H3. The maximum Gasteiger partial charge on any atom is 0.230 e. The van der Waals surface area contributed by atoms with Gasteiger partial charge in [0.2, 0.25) is 12.0 Å². The van der Waals surface area contributed by atoms with Crippen molar-refractivity contribution in [1.29, 1.82) is 0 Å². The zero-order chi connectivity index (χ0) is 31.2. The van der Waals surface area contributed by atoms with Gasteiger partial charge in [0.05, 0.1) is 20.3 Å². The highest BCUT2D eigenvalue weighted by Gasteiger charge is 2.50. The molecule has 43 heavy (non-hydrogen) atoms. The van der Waals surface area contributed by atoms with Crippen LogP contribution in [0.1, 0.15) is 0 Å². The molecule has 9 unspecified atom stereocenters. The molecule has 3 aromatic rings. The Balaban J connectivity index is 1.60. The first-order valence-corrected chi connectivity index (χ1v) is 13.0. The van der Waals surface area contributed by atoms with E-state index in [0.717, 1.165) is 24.3 Å². The first-order valence-electron chi connectivity index (χ1n) is 13.0. The van der Waals surface area contributed by atoms with Gasteiger partial charge in [-0.25, -0.2) is 0 Å². The number of ether oxygens (including phenoxy) is 5. The highest BCUT2D eigenvalue weighted by Crippen LogP contribution is 2.43. The predicted octanol–water partition coefficient (Wildman–Crippen LogP) is -1.77. The summed E-state index contributed by atoms with van der Waals surface area (Å²) in [7, 11) is 1.21. The van der Waals surface area contributed by atoms with Crippen LogP contribution in [0, 0.1) is 0 Å². The maximum absolute atomic E-state index is 13.1. The Morgan fingerprint density at radius 2 is 1.63 bits per heavy atom. The Morgan fingerprint density at radius 1 is 0.884 bits per heavy atom. The number of hydrogen-bond acceptors (Lipinski definition) is 16. The Labute approximate surface area is 241 Å². The molecule has 5 rings (SSSR count). The molecule has 0 amide bonds. The van der Waals surface area contributed by atoms with Crippen molar-refractivity contribution in [3.8, 4) is 40.1 Å². The molecule has 3 heterocycles. The molecule has 9 atom stereocenters. The molecule has 2 saturated heterocycles. The molecule has 0 radical (unpaired) electrons. The van der Waals surface area contributed by atoms with Crippen LogP contribution in [-0.4, -0.2) is 122 Å². The molecular weight excluding hydrogens is 580 g/mol. The fourth-order valence-corrected chi connectivity index (χ4v) is 4.82. The van der Waals surface area contributed by atoms with Crippen LogP contribution in [0.5, 0.6) is 28.7 Å². The summed E-state index contributed by atoms with van der Waals surface area (Å²) >= 11 is 0. The van der Waals surface area contributed by atoms with E-state index in [-0.39, 0.29) is 33.8 Å². The summed E-state index contributed by atoms with van der Waals surface area (Å²) in [4.78, 5) is 13.1. The molecule has 234 valence electrons. The molecule has 16 heteroatoms. The van der Waals surface area contributed by atoms with Crippen LogP contribution in [0.3, 0.4) is 0 Å². The smallest absolute Gasteiger partial charge is 0.230 e. The maximum atomic E-state index is 13.1. The summed E-state index contributed by atoms with van der Waals surface area (Å²) in [6, 6.07) is 5.69. The zero-order valence-electron chi connectivity index (χ0n) is 22.4. The second-order valence-electron chi connectivity index (χ2n) is 9.99. The second kappa shape index (κ2) is 12.1. The van der Waals surface area contributed by atoms with Gasteiger partial charge in [-0.2, -0.15) is 0 Å². The molecule has 0 bridgehead atoms. The number of methoxy groups -OCH3 is 1. The summed E-state index contributed by atoms with van der Waals surface area (Å²) in [6.45, 7) is -1.23. The lowest BCUT2D eigenvalue weighted by Crippen LogP contribution is -2.63. The molecule has 1 aromatic heterocycles. The predicted molar refractivity (Wildman–Crippen MR) is 140 cm³/mol. The second-order valence-corrected chi connectivity index (χ2v) is 9.99. The average molecular weight is 611 g/mol. The minimum Gasteiger partial charge on any atom is -0.507 e. The van der Waals surface area contributed by atoms with E-state index in [1.165, 1.54) is 13.2 Å². The van der Waals surface area contributed by atoms with E-state index in [1.807, 2.05) is 0 Å². The van der Waals surface area contributed by atoms with E-state index < -0.39 is 91.2 Å². The van der Waals surface area contributed by atoms with Crippen LogP contribution in [0.4, 0.5) is 0 Å². The SMILES string of the molecule is COc1cc(O)c2c(=O)cc(-c3ccc(O)c(O)c3)oc2c1OC1OC(CO)C(O)C(O)C1OC1OCC(O)C(O)C1O. The Kier molecular flexibility index (Phi) is 8.66. The van der Waals surface area contributed by atoms with Gasteiger partial charge in [-0.3, -0.25) is 4.79 Å². The summed E-state index contributed by atoms with van der Waals surface area (Å²) < 4.78 is 33.8. The van der Waals surface area contributed by atoms with E-state index in [9.17, 15) is 50.8 Å². The number of fused-ring (bicyclic) bond motifs is 1. The lowest BCUT2D eigenvalue weighted by molar-refractivity contribution is -0.344. The van der Waals surface area contributed by atoms with Crippen LogP contribution in [0.25, 0.3) is 22.3 Å². The van der Waals surface area contributed by atoms with Crippen molar-refractivity contribution < 1.29 is 74.1 Å². The van der Waals surface area contributed by atoms with Crippen molar-refractivity contribution >= 4 is 11.0 Å². The molecule has 0 saturated carbocycles. The van der Waals surface area contributed by atoms with Gasteiger partial charge >= 0.3 is 0 Å². The molecule has 0 spiro atoms. The number of aliphatic hydroxyl groups is 6. The zero-order valence-corrected chi connectivity index (χ0v) is 22.4. The van der Waals surface area contributed by atoms with Crippen molar-refractivity contribution in [2.45, 2.75) is 55.3 Å². The third kappa shape index (κ3) is 5.67.